The summed E-state index contributed by atoms with van der Waals surface area (Å²) in [5.41, 5.74) is 0.703. The second-order valence-electron chi connectivity index (χ2n) is 3.06. The molecule has 2 N–H and O–H groups in total. The lowest BCUT2D eigenvalue weighted by molar-refractivity contribution is -0.139. The van der Waals surface area contributed by atoms with Gasteiger partial charge in [-0.15, -0.1) is 12.6 Å². The fraction of sp³-hybridized carbons (Fsp3) is 0.200. The van der Waals surface area contributed by atoms with E-state index in [0.717, 1.165) is 0 Å². The predicted octanol–water partition coefficient (Wildman–Crippen LogP) is 1.11. The molecule has 1 aromatic rings. The van der Waals surface area contributed by atoms with Crippen LogP contribution in [-0.2, 0) is 9.59 Å². The van der Waals surface area contributed by atoms with Gasteiger partial charge in [0.15, 0.2) is 5.37 Å². The highest BCUT2D eigenvalue weighted by Gasteiger charge is 2.21. The van der Waals surface area contributed by atoms with Crippen molar-refractivity contribution in [1.82, 2.24) is 5.32 Å². The van der Waals surface area contributed by atoms with Crippen LogP contribution in [0.2, 0.25) is 0 Å². The lowest BCUT2D eigenvalue weighted by Crippen LogP contribution is -2.38. The maximum atomic E-state index is 11.6. The Labute approximate surface area is 104 Å². The fourth-order valence-corrected chi connectivity index (χ4v) is 1.44. The summed E-state index contributed by atoms with van der Waals surface area (Å²) in [4.78, 5) is 22.0. The molecule has 16 heavy (non-hydrogen) atoms. The number of carboxylic acid groups (broad SMARTS) is 1. The van der Waals surface area contributed by atoms with Gasteiger partial charge in [0.25, 0.3) is 0 Å². The third kappa shape index (κ3) is 3.46. The normalized spacial score (nSPS) is 13.9. The zero-order chi connectivity index (χ0) is 12.1. The highest BCUT2D eigenvalue weighted by atomic mass is 32.1. The highest BCUT2D eigenvalue weighted by molar-refractivity contribution is 7.82. The Morgan fingerprint density at radius 2 is 1.75 bits per heavy atom. The molecule has 0 spiro atoms. The van der Waals surface area contributed by atoms with E-state index in [0.29, 0.717) is 5.56 Å². The van der Waals surface area contributed by atoms with Crippen LogP contribution >= 0.6 is 25.3 Å². The number of amides is 1. The van der Waals surface area contributed by atoms with Crippen LogP contribution < -0.4 is 5.32 Å². The van der Waals surface area contributed by atoms with E-state index in [1.54, 1.807) is 24.3 Å². The van der Waals surface area contributed by atoms with E-state index in [-0.39, 0.29) is 0 Å². The van der Waals surface area contributed by atoms with Crippen molar-refractivity contribution < 1.29 is 14.7 Å². The van der Waals surface area contributed by atoms with Crippen LogP contribution in [0.5, 0.6) is 0 Å². The topological polar surface area (TPSA) is 66.4 Å². The van der Waals surface area contributed by atoms with Gasteiger partial charge in [0, 0.05) is 0 Å². The first-order valence-electron chi connectivity index (χ1n) is 4.46. The molecule has 0 aliphatic carbocycles. The van der Waals surface area contributed by atoms with Crippen LogP contribution in [-0.4, -0.2) is 22.4 Å². The molecule has 0 aliphatic rings. The molecule has 0 heterocycles. The van der Waals surface area contributed by atoms with Crippen molar-refractivity contribution >= 4 is 37.1 Å². The molecule has 1 aromatic carbocycles. The van der Waals surface area contributed by atoms with E-state index >= 15 is 0 Å². The van der Waals surface area contributed by atoms with Crippen molar-refractivity contribution in [3.63, 3.8) is 0 Å². The minimum atomic E-state index is -1.22. The largest absolute Gasteiger partial charge is 0.479 e. The first kappa shape index (κ1) is 12.9. The van der Waals surface area contributed by atoms with Crippen LogP contribution in [0.15, 0.2) is 30.3 Å². The molecule has 0 bridgehead atoms. The summed E-state index contributed by atoms with van der Waals surface area (Å²) < 4.78 is 0. The summed E-state index contributed by atoms with van der Waals surface area (Å²) in [6.45, 7) is 0. The summed E-state index contributed by atoms with van der Waals surface area (Å²) in [5.74, 6) is -1.69. The van der Waals surface area contributed by atoms with Gasteiger partial charge in [-0.05, 0) is 5.56 Å². The number of rotatable bonds is 4. The number of carboxylic acids is 1. The number of benzene rings is 1. The fourth-order valence-electron chi connectivity index (χ4n) is 1.06. The molecule has 1 amide bonds. The summed E-state index contributed by atoms with van der Waals surface area (Å²) in [5, 5.41) is 8.88. The van der Waals surface area contributed by atoms with E-state index in [9.17, 15) is 9.59 Å². The molecular formula is C10H11NO3S2. The van der Waals surface area contributed by atoms with Gasteiger partial charge in [-0.3, -0.25) is 4.79 Å². The van der Waals surface area contributed by atoms with E-state index in [1.807, 2.05) is 6.07 Å². The van der Waals surface area contributed by atoms with Crippen LogP contribution in [0, 0.1) is 0 Å². The summed E-state index contributed by atoms with van der Waals surface area (Å²) >= 11 is 7.82. The summed E-state index contributed by atoms with van der Waals surface area (Å²) in [6.07, 6.45) is 0. The number of nitrogens with one attached hydrogen (secondary N) is 1. The van der Waals surface area contributed by atoms with Crippen molar-refractivity contribution in [1.29, 1.82) is 0 Å². The quantitative estimate of drug-likeness (QED) is 0.482. The molecule has 0 radical (unpaired) electrons. The number of carbonyl (C=O) groups is 2. The molecule has 0 aliphatic heterocycles. The lowest BCUT2D eigenvalue weighted by Gasteiger charge is -2.13. The molecular weight excluding hydrogens is 246 g/mol. The minimum absolute atomic E-state index is 0.489. The molecule has 86 valence electrons. The third-order valence-corrected chi connectivity index (χ3v) is 2.76. The molecule has 0 aromatic heterocycles. The molecule has 0 saturated carbocycles. The first-order valence-corrected chi connectivity index (χ1v) is 5.50. The average molecular weight is 257 g/mol. The Morgan fingerprint density at radius 1 is 1.19 bits per heavy atom. The molecule has 0 fully saturated rings. The van der Waals surface area contributed by atoms with Gasteiger partial charge in [-0.25, -0.2) is 4.79 Å². The average Bonchev–Trinajstić information content (AvgIpc) is 2.28. The van der Waals surface area contributed by atoms with Crippen molar-refractivity contribution in [3.8, 4) is 0 Å². The van der Waals surface area contributed by atoms with Crippen molar-refractivity contribution in [2.75, 3.05) is 0 Å². The van der Waals surface area contributed by atoms with E-state index in [1.165, 1.54) is 0 Å². The minimum Gasteiger partial charge on any atom is -0.479 e. The molecule has 2 atom stereocenters. The number of thiol groups is 2. The molecule has 2 unspecified atom stereocenters. The van der Waals surface area contributed by atoms with Gasteiger partial charge < -0.3 is 10.4 Å². The molecule has 4 nitrogen and oxygen atoms in total. The Hall–Kier alpha value is -1.14. The molecule has 6 heteroatoms. The molecule has 0 saturated heterocycles. The monoisotopic (exact) mass is 257 g/mol. The van der Waals surface area contributed by atoms with E-state index in [4.69, 9.17) is 5.11 Å². The Bertz CT molecular complexity index is 383. The third-order valence-electron chi connectivity index (χ3n) is 1.88. The zero-order valence-corrected chi connectivity index (χ0v) is 9.99. The smallest absolute Gasteiger partial charge is 0.336 e. The lowest BCUT2D eigenvalue weighted by atomic mass is 10.1. The SMILES string of the molecule is O=C(O)C(S)NC(=O)C(S)c1ccccc1. The zero-order valence-electron chi connectivity index (χ0n) is 8.20. The van der Waals surface area contributed by atoms with E-state index < -0.39 is 22.5 Å². The van der Waals surface area contributed by atoms with Gasteiger partial charge >= 0.3 is 5.97 Å². The number of carbonyl (C=O) groups excluding carboxylic acids is 1. The number of hydrogen-bond donors (Lipinski definition) is 4. The second-order valence-corrected chi connectivity index (χ2v) is 4.10. The summed E-state index contributed by atoms with van der Waals surface area (Å²) in [7, 11) is 0. The highest BCUT2D eigenvalue weighted by Crippen LogP contribution is 2.19. The van der Waals surface area contributed by atoms with Crippen molar-refractivity contribution in [2.45, 2.75) is 10.6 Å². The van der Waals surface area contributed by atoms with Gasteiger partial charge in [0.05, 0.1) is 0 Å². The second kappa shape index (κ2) is 5.81. The number of hydrogen-bond acceptors (Lipinski definition) is 4. The maximum absolute atomic E-state index is 11.6. The van der Waals surface area contributed by atoms with Crippen LogP contribution in [0.25, 0.3) is 0 Å². The van der Waals surface area contributed by atoms with Gasteiger partial charge in [0.2, 0.25) is 5.91 Å². The Kier molecular flexibility index (Phi) is 4.70. The van der Waals surface area contributed by atoms with Crippen LogP contribution in [0.3, 0.4) is 0 Å². The Morgan fingerprint density at radius 3 is 2.25 bits per heavy atom. The van der Waals surface area contributed by atoms with Gasteiger partial charge in [-0.1, -0.05) is 30.3 Å². The first-order chi connectivity index (χ1) is 7.52. The maximum Gasteiger partial charge on any atom is 0.336 e. The van der Waals surface area contributed by atoms with Crippen LogP contribution in [0.4, 0.5) is 0 Å². The summed E-state index contributed by atoms with van der Waals surface area (Å²) in [6, 6.07) is 8.86. The standard InChI is InChI=1S/C10H11NO3S2/c12-8(11-9(16)10(13)14)7(15)6-4-2-1-3-5-6/h1-5,7,9,15-16H,(H,11,12)(H,13,14). The van der Waals surface area contributed by atoms with Gasteiger partial charge in [-0.2, -0.15) is 12.6 Å². The van der Waals surface area contributed by atoms with Gasteiger partial charge in [0.1, 0.15) is 5.25 Å². The van der Waals surface area contributed by atoms with Crippen LogP contribution in [0.1, 0.15) is 10.8 Å². The predicted molar refractivity (Wildman–Crippen MR) is 66.7 cm³/mol. The number of aliphatic carboxylic acids is 1. The Balaban J connectivity index is 2.65. The van der Waals surface area contributed by atoms with E-state index in [2.05, 4.69) is 30.6 Å². The van der Waals surface area contributed by atoms with Crippen molar-refractivity contribution in [2.24, 2.45) is 0 Å². The molecule has 1 rings (SSSR count). The van der Waals surface area contributed by atoms with Crippen molar-refractivity contribution in [3.05, 3.63) is 35.9 Å².